The predicted molar refractivity (Wildman–Crippen MR) is 166 cm³/mol. The standard InChI is InChI=1S/C29H40ClN7OS/c1-3-4-5-9-12-24(30)20-29(31)13-17-37(18-14-29)21-27(39)34-26-19-25(33-16-15-32-22(2)38)35-28(36-26)23-10-7-6-8-11-23/h3-4,6-8,10-11,19-20H,5,9,12-18,21,31H2,1-2H3,(H,32,38)(H2,33,34,35,36,39)/b4-3-,24-20-. The number of hydrogen-bond donors (Lipinski definition) is 4. The van der Waals surface area contributed by atoms with Crippen molar-refractivity contribution in [1.29, 1.82) is 0 Å². The van der Waals surface area contributed by atoms with Crippen LogP contribution in [0, 0.1) is 0 Å². The lowest BCUT2D eigenvalue weighted by molar-refractivity contribution is -0.118. The number of likely N-dealkylation sites (tertiary alicyclic amines) is 1. The van der Waals surface area contributed by atoms with Crippen LogP contribution in [-0.4, -0.2) is 64.0 Å². The number of thiocarbonyl (C=S) groups is 1. The van der Waals surface area contributed by atoms with E-state index in [0.717, 1.165) is 55.8 Å². The van der Waals surface area contributed by atoms with Crippen LogP contribution in [-0.2, 0) is 4.79 Å². The van der Waals surface area contributed by atoms with Gasteiger partial charge in [0.1, 0.15) is 11.6 Å². The van der Waals surface area contributed by atoms with Crippen LogP contribution in [0.1, 0.15) is 46.0 Å². The molecule has 0 radical (unpaired) electrons. The number of nitrogens with one attached hydrogen (secondary N) is 3. The van der Waals surface area contributed by atoms with E-state index < -0.39 is 0 Å². The third-order valence-electron chi connectivity index (χ3n) is 6.45. The predicted octanol–water partition coefficient (Wildman–Crippen LogP) is 5.09. The van der Waals surface area contributed by atoms with Crippen molar-refractivity contribution < 1.29 is 4.79 Å². The van der Waals surface area contributed by atoms with Gasteiger partial charge in [0, 0.05) is 61.8 Å². The van der Waals surface area contributed by atoms with Crippen molar-refractivity contribution >= 4 is 46.4 Å². The molecule has 1 aliphatic heterocycles. The summed E-state index contributed by atoms with van der Waals surface area (Å²) in [4.78, 5) is 23.5. The number of rotatable bonds is 13. The summed E-state index contributed by atoms with van der Waals surface area (Å²) in [6, 6.07) is 11.6. The van der Waals surface area contributed by atoms with E-state index in [1.54, 1.807) is 0 Å². The largest absolute Gasteiger partial charge is 0.368 e. The molecule has 0 unspecified atom stereocenters. The molecule has 3 rings (SSSR count). The molecule has 1 aromatic carbocycles. The molecule has 2 heterocycles. The fraction of sp³-hybridized carbons (Fsp3) is 0.448. The first kappa shape index (κ1) is 30.7. The Morgan fingerprint density at radius 3 is 2.59 bits per heavy atom. The van der Waals surface area contributed by atoms with Crippen LogP contribution < -0.4 is 21.7 Å². The lowest BCUT2D eigenvalue weighted by Gasteiger charge is -2.37. The number of benzene rings is 1. The number of hydrogen-bond acceptors (Lipinski definition) is 7. The van der Waals surface area contributed by atoms with Crippen molar-refractivity contribution in [3.05, 3.63) is 59.7 Å². The van der Waals surface area contributed by atoms with Crippen LogP contribution >= 0.6 is 23.8 Å². The molecule has 2 aromatic rings. The summed E-state index contributed by atoms with van der Waals surface area (Å²) in [6.07, 6.45) is 10.9. The van der Waals surface area contributed by atoms with Gasteiger partial charge in [-0.25, -0.2) is 9.97 Å². The highest BCUT2D eigenvalue weighted by Crippen LogP contribution is 2.26. The first-order valence-electron chi connectivity index (χ1n) is 13.5. The normalized spacial score (nSPS) is 15.7. The second-order valence-electron chi connectivity index (χ2n) is 9.85. The Balaban J connectivity index is 1.57. The van der Waals surface area contributed by atoms with E-state index in [2.05, 4.69) is 44.1 Å². The highest BCUT2D eigenvalue weighted by atomic mass is 35.5. The molecule has 1 aliphatic rings. The Hall–Kier alpha value is -2.85. The van der Waals surface area contributed by atoms with Gasteiger partial charge in [0.2, 0.25) is 5.91 Å². The van der Waals surface area contributed by atoms with Gasteiger partial charge in [0.25, 0.3) is 0 Å². The number of aromatic nitrogens is 2. The Bertz CT molecular complexity index is 1150. The fourth-order valence-electron chi connectivity index (χ4n) is 4.34. The summed E-state index contributed by atoms with van der Waals surface area (Å²) in [5.74, 6) is 1.79. The molecule has 0 aliphatic carbocycles. The van der Waals surface area contributed by atoms with Crippen LogP contribution in [0.2, 0.25) is 0 Å². The van der Waals surface area contributed by atoms with Crippen molar-refractivity contribution in [1.82, 2.24) is 20.2 Å². The monoisotopic (exact) mass is 569 g/mol. The molecule has 0 atom stereocenters. The molecule has 5 N–H and O–H groups in total. The number of anilines is 2. The van der Waals surface area contributed by atoms with Gasteiger partial charge in [-0.1, -0.05) is 72.4 Å². The average Bonchev–Trinajstić information content (AvgIpc) is 2.91. The lowest BCUT2D eigenvalue weighted by Crippen LogP contribution is -2.50. The molecule has 39 heavy (non-hydrogen) atoms. The number of carbonyl (C=O) groups excluding carboxylic acids is 1. The topological polar surface area (TPSA) is 108 Å². The number of nitrogens with zero attached hydrogens (tertiary/aromatic N) is 3. The van der Waals surface area contributed by atoms with Gasteiger partial charge in [0.15, 0.2) is 5.82 Å². The molecule has 0 bridgehead atoms. The van der Waals surface area contributed by atoms with Gasteiger partial charge in [0.05, 0.1) is 4.99 Å². The highest BCUT2D eigenvalue weighted by Gasteiger charge is 2.29. The van der Waals surface area contributed by atoms with E-state index in [4.69, 9.17) is 34.5 Å². The zero-order valence-corrected chi connectivity index (χ0v) is 24.5. The number of nitrogens with two attached hydrogens (primary N) is 1. The molecule has 1 fully saturated rings. The molecule has 210 valence electrons. The van der Waals surface area contributed by atoms with Crippen LogP contribution in [0.15, 0.2) is 59.7 Å². The second kappa shape index (κ2) is 15.7. The van der Waals surface area contributed by atoms with Gasteiger partial charge < -0.3 is 21.7 Å². The minimum atomic E-state index is -0.377. The maximum absolute atomic E-state index is 11.2. The van der Waals surface area contributed by atoms with Gasteiger partial charge in [-0.2, -0.15) is 0 Å². The van der Waals surface area contributed by atoms with Crippen molar-refractivity contribution in [2.24, 2.45) is 5.73 Å². The fourth-order valence-corrected chi connectivity index (χ4v) is 4.98. The second-order valence-corrected chi connectivity index (χ2v) is 10.8. The summed E-state index contributed by atoms with van der Waals surface area (Å²) in [5.41, 5.74) is 7.19. The number of amides is 1. The molecule has 1 amide bonds. The number of allylic oxidation sites excluding steroid dienone is 3. The zero-order chi connectivity index (χ0) is 28.1. The summed E-state index contributed by atoms with van der Waals surface area (Å²) >= 11 is 12.2. The van der Waals surface area contributed by atoms with E-state index in [0.29, 0.717) is 42.1 Å². The van der Waals surface area contributed by atoms with Crippen molar-refractivity contribution in [3.8, 4) is 11.4 Å². The SMILES string of the molecule is C/C=C\CCC/C(Cl)=C/C1(N)CCN(CC(=S)Nc2cc(NCCNC(C)=O)nc(-c3ccccc3)n2)CC1. The Morgan fingerprint density at radius 2 is 1.90 bits per heavy atom. The van der Waals surface area contributed by atoms with E-state index in [-0.39, 0.29) is 11.4 Å². The van der Waals surface area contributed by atoms with Gasteiger partial charge in [-0.15, -0.1) is 0 Å². The smallest absolute Gasteiger partial charge is 0.216 e. The van der Waals surface area contributed by atoms with Crippen LogP contribution in [0.25, 0.3) is 11.4 Å². The van der Waals surface area contributed by atoms with Gasteiger partial charge in [-0.3, -0.25) is 9.69 Å². The summed E-state index contributed by atoms with van der Waals surface area (Å²) in [7, 11) is 0. The van der Waals surface area contributed by atoms with Crippen LogP contribution in [0.4, 0.5) is 11.6 Å². The van der Waals surface area contributed by atoms with Crippen molar-refractivity contribution in [3.63, 3.8) is 0 Å². The molecule has 10 heteroatoms. The lowest BCUT2D eigenvalue weighted by atomic mass is 9.88. The minimum Gasteiger partial charge on any atom is -0.368 e. The van der Waals surface area contributed by atoms with Crippen LogP contribution in [0.3, 0.4) is 0 Å². The molecular weight excluding hydrogens is 530 g/mol. The van der Waals surface area contributed by atoms with E-state index in [1.807, 2.05) is 43.3 Å². The van der Waals surface area contributed by atoms with Gasteiger partial charge in [-0.05, 0) is 39.0 Å². The van der Waals surface area contributed by atoms with Gasteiger partial charge >= 0.3 is 0 Å². The Kier molecular flexibility index (Phi) is 12.3. The third kappa shape index (κ3) is 11.0. The summed E-state index contributed by atoms with van der Waals surface area (Å²) < 4.78 is 0. The molecule has 8 nitrogen and oxygen atoms in total. The number of halogens is 1. The molecule has 0 saturated carbocycles. The first-order chi connectivity index (χ1) is 18.8. The first-order valence-corrected chi connectivity index (χ1v) is 14.3. The van der Waals surface area contributed by atoms with E-state index in [1.165, 1.54) is 6.92 Å². The molecular formula is C29H40ClN7OS. The Labute approximate surface area is 242 Å². The summed E-state index contributed by atoms with van der Waals surface area (Å²) in [5, 5.41) is 10.2. The molecule has 0 spiro atoms. The maximum atomic E-state index is 11.2. The van der Waals surface area contributed by atoms with Crippen LogP contribution in [0.5, 0.6) is 0 Å². The highest BCUT2D eigenvalue weighted by molar-refractivity contribution is 7.80. The molecule has 1 aromatic heterocycles. The minimum absolute atomic E-state index is 0.0686. The average molecular weight is 570 g/mol. The van der Waals surface area contributed by atoms with E-state index >= 15 is 0 Å². The third-order valence-corrected chi connectivity index (χ3v) is 6.98. The Morgan fingerprint density at radius 1 is 1.18 bits per heavy atom. The quantitative estimate of drug-likeness (QED) is 0.150. The maximum Gasteiger partial charge on any atom is 0.216 e. The van der Waals surface area contributed by atoms with E-state index in [9.17, 15) is 4.79 Å². The van der Waals surface area contributed by atoms with Crippen molar-refractivity contribution in [2.45, 2.75) is 51.5 Å². The zero-order valence-electron chi connectivity index (χ0n) is 22.9. The number of unbranched alkanes of at least 4 members (excludes halogenated alkanes) is 1. The summed E-state index contributed by atoms with van der Waals surface area (Å²) in [6.45, 7) is 6.86. The number of carbonyl (C=O) groups is 1. The number of piperidine rings is 1. The van der Waals surface area contributed by atoms with Crippen molar-refractivity contribution in [2.75, 3.05) is 43.4 Å². The molecule has 1 saturated heterocycles.